The Balaban J connectivity index is 1.72. The minimum absolute atomic E-state index is 0.0107. The molecule has 0 atom stereocenters. The number of fused-ring (bicyclic) bond motifs is 1. The van der Waals surface area contributed by atoms with E-state index in [1.165, 1.54) is 30.6 Å². The maximum atomic E-state index is 12.2. The number of amides is 1. The lowest BCUT2D eigenvalue weighted by Gasteiger charge is -2.04. The van der Waals surface area contributed by atoms with Crippen molar-refractivity contribution in [2.45, 2.75) is 6.54 Å². The number of nitrogens with zero attached hydrogens (tertiary/aromatic N) is 2. The molecule has 0 aliphatic carbocycles. The zero-order valence-corrected chi connectivity index (χ0v) is 13.5. The van der Waals surface area contributed by atoms with Crippen LogP contribution in [-0.4, -0.2) is 22.9 Å². The third-order valence-corrected chi connectivity index (χ3v) is 4.51. The molecule has 3 rings (SSSR count). The van der Waals surface area contributed by atoms with Crippen molar-refractivity contribution in [3.63, 3.8) is 0 Å². The number of aromatic nitrogens is 1. The molecule has 122 valence electrons. The summed E-state index contributed by atoms with van der Waals surface area (Å²) < 4.78 is 5.81. The second-order valence-corrected chi connectivity index (χ2v) is 6.07. The Morgan fingerprint density at radius 3 is 2.83 bits per heavy atom. The van der Waals surface area contributed by atoms with Gasteiger partial charge in [0, 0.05) is 41.0 Å². The fraction of sp³-hybridized carbons (Fsp3) is 0.125. The van der Waals surface area contributed by atoms with Gasteiger partial charge >= 0.3 is 0 Å². The number of hydrogen-bond acceptors (Lipinski definition) is 6. The quantitative estimate of drug-likeness (QED) is 0.567. The van der Waals surface area contributed by atoms with Crippen molar-refractivity contribution in [2.75, 3.05) is 7.11 Å². The largest absolute Gasteiger partial charge is 0.481 e. The van der Waals surface area contributed by atoms with Gasteiger partial charge in [0.1, 0.15) is 0 Å². The normalized spacial score (nSPS) is 10.5. The molecule has 0 fully saturated rings. The molecule has 8 heteroatoms. The van der Waals surface area contributed by atoms with Crippen molar-refractivity contribution in [1.82, 2.24) is 10.3 Å². The van der Waals surface area contributed by atoms with Crippen LogP contribution in [-0.2, 0) is 6.54 Å². The first kappa shape index (κ1) is 15.9. The van der Waals surface area contributed by atoms with Crippen LogP contribution in [0.15, 0.2) is 42.6 Å². The summed E-state index contributed by atoms with van der Waals surface area (Å²) in [5, 5.41) is 14.3. The van der Waals surface area contributed by atoms with Crippen LogP contribution in [0.3, 0.4) is 0 Å². The summed E-state index contributed by atoms with van der Waals surface area (Å²) in [6.45, 7) is 0.338. The van der Waals surface area contributed by atoms with Crippen LogP contribution in [0.25, 0.3) is 10.1 Å². The number of nitro groups is 1. The molecule has 2 aromatic heterocycles. The Bertz CT molecular complexity index is 905. The van der Waals surface area contributed by atoms with Crippen LogP contribution in [0.2, 0.25) is 0 Å². The minimum atomic E-state index is -0.451. The molecule has 1 aromatic carbocycles. The molecule has 2 heterocycles. The van der Waals surface area contributed by atoms with E-state index >= 15 is 0 Å². The van der Waals surface area contributed by atoms with E-state index in [1.807, 2.05) is 6.07 Å². The van der Waals surface area contributed by atoms with Crippen LogP contribution >= 0.6 is 11.3 Å². The number of pyridine rings is 1. The Morgan fingerprint density at radius 1 is 1.33 bits per heavy atom. The fourth-order valence-corrected chi connectivity index (χ4v) is 3.12. The van der Waals surface area contributed by atoms with Crippen LogP contribution < -0.4 is 10.1 Å². The van der Waals surface area contributed by atoms with Gasteiger partial charge in [-0.3, -0.25) is 14.9 Å². The van der Waals surface area contributed by atoms with E-state index in [0.717, 1.165) is 10.3 Å². The summed E-state index contributed by atoms with van der Waals surface area (Å²) in [6, 6.07) is 9.76. The number of carbonyl (C=O) groups excluding carboxylic acids is 1. The van der Waals surface area contributed by atoms with E-state index < -0.39 is 4.92 Å². The average Bonchev–Trinajstić information content (AvgIpc) is 3.03. The first-order valence-electron chi connectivity index (χ1n) is 7.02. The lowest BCUT2D eigenvalue weighted by molar-refractivity contribution is -0.384. The smallest absolute Gasteiger partial charge is 0.270 e. The summed E-state index contributed by atoms with van der Waals surface area (Å²) in [7, 11) is 1.54. The van der Waals surface area contributed by atoms with Crippen molar-refractivity contribution < 1.29 is 14.5 Å². The highest BCUT2D eigenvalue weighted by atomic mass is 32.1. The summed E-state index contributed by atoms with van der Waals surface area (Å²) in [5.41, 5.74) is 0.859. The third-order valence-electron chi connectivity index (χ3n) is 3.39. The Hall–Kier alpha value is -3.00. The van der Waals surface area contributed by atoms with Gasteiger partial charge in [0.05, 0.1) is 16.9 Å². The fourth-order valence-electron chi connectivity index (χ4n) is 2.16. The molecule has 1 N–H and O–H groups in total. The average molecular weight is 343 g/mol. The number of methoxy groups -OCH3 is 1. The lowest BCUT2D eigenvalue weighted by Crippen LogP contribution is -2.21. The summed E-state index contributed by atoms with van der Waals surface area (Å²) in [5.74, 6) is 0.283. The van der Waals surface area contributed by atoms with E-state index in [1.54, 1.807) is 24.4 Å². The van der Waals surface area contributed by atoms with Gasteiger partial charge in [-0.25, -0.2) is 4.98 Å². The Labute approximate surface area is 141 Å². The lowest BCUT2D eigenvalue weighted by atomic mass is 10.2. The highest BCUT2D eigenvalue weighted by Gasteiger charge is 2.13. The van der Waals surface area contributed by atoms with Crippen LogP contribution in [0.5, 0.6) is 5.88 Å². The van der Waals surface area contributed by atoms with E-state index in [0.29, 0.717) is 22.7 Å². The molecule has 0 radical (unpaired) electrons. The molecule has 24 heavy (non-hydrogen) atoms. The molecule has 0 spiro atoms. The standard InChI is InChI=1S/C16H13N3O4S/c1-23-15-5-2-10(8-17-15)9-18-16(20)14-7-11-6-12(19(21)22)3-4-13(11)24-14/h2-8H,9H2,1H3,(H,18,20). The number of non-ortho nitro benzene ring substituents is 1. The van der Waals surface area contributed by atoms with Crippen molar-refractivity contribution >= 4 is 33.0 Å². The number of carbonyl (C=O) groups is 1. The second-order valence-electron chi connectivity index (χ2n) is 4.98. The van der Waals surface area contributed by atoms with Gasteiger partial charge in [-0.2, -0.15) is 0 Å². The molecule has 0 aliphatic heterocycles. The van der Waals surface area contributed by atoms with Gasteiger partial charge in [0.15, 0.2) is 0 Å². The van der Waals surface area contributed by atoms with Crippen LogP contribution in [0, 0.1) is 10.1 Å². The summed E-state index contributed by atoms with van der Waals surface area (Å²) in [4.78, 5) is 27.2. The third kappa shape index (κ3) is 3.33. The Morgan fingerprint density at radius 2 is 2.17 bits per heavy atom. The molecule has 1 amide bonds. The number of hydrogen-bond donors (Lipinski definition) is 1. The van der Waals surface area contributed by atoms with Gasteiger partial charge < -0.3 is 10.1 Å². The van der Waals surface area contributed by atoms with Gasteiger partial charge in [-0.05, 0) is 17.7 Å². The van der Waals surface area contributed by atoms with Crippen molar-refractivity contribution in [2.24, 2.45) is 0 Å². The van der Waals surface area contributed by atoms with Gasteiger partial charge in [-0.15, -0.1) is 11.3 Å². The first-order chi connectivity index (χ1) is 11.6. The second kappa shape index (κ2) is 6.63. The van der Waals surface area contributed by atoms with Crippen LogP contribution in [0.1, 0.15) is 15.2 Å². The number of nitrogens with one attached hydrogen (secondary N) is 1. The highest BCUT2D eigenvalue weighted by molar-refractivity contribution is 7.20. The molecule has 7 nitrogen and oxygen atoms in total. The molecule has 0 bridgehead atoms. The van der Waals surface area contributed by atoms with Crippen molar-refractivity contribution in [1.29, 1.82) is 0 Å². The molecule has 3 aromatic rings. The predicted molar refractivity (Wildman–Crippen MR) is 90.4 cm³/mol. The van der Waals surface area contributed by atoms with Crippen LogP contribution in [0.4, 0.5) is 5.69 Å². The number of thiophene rings is 1. The van der Waals surface area contributed by atoms with E-state index in [9.17, 15) is 14.9 Å². The molecular formula is C16H13N3O4S. The maximum Gasteiger partial charge on any atom is 0.270 e. The zero-order chi connectivity index (χ0) is 17.1. The number of rotatable bonds is 5. The van der Waals surface area contributed by atoms with E-state index in [2.05, 4.69) is 10.3 Å². The number of ether oxygens (including phenoxy) is 1. The SMILES string of the molecule is COc1ccc(CNC(=O)c2cc3cc([N+](=O)[O-])ccc3s2)cn1. The van der Waals surface area contributed by atoms with E-state index in [4.69, 9.17) is 4.74 Å². The minimum Gasteiger partial charge on any atom is -0.481 e. The molecule has 0 unspecified atom stereocenters. The predicted octanol–water partition coefficient (Wildman–Crippen LogP) is 3.14. The number of nitro benzene ring substituents is 1. The molecule has 0 saturated heterocycles. The topological polar surface area (TPSA) is 94.4 Å². The zero-order valence-electron chi connectivity index (χ0n) is 12.7. The monoisotopic (exact) mass is 343 g/mol. The van der Waals surface area contributed by atoms with Gasteiger partial charge in [0.2, 0.25) is 5.88 Å². The van der Waals surface area contributed by atoms with Gasteiger partial charge in [-0.1, -0.05) is 6.07 Å². The summed E-state index contributed by atoms with van der Waals surface area (Å²) >= 11 is 1.30. The number of benzene rings is 1. The summed E-state index contributed by atoms with van der Waals surface area (Å²) in [6.07, 6.45) is 1.63. The van der Waals surface area contributed by atoms with E-state index in [-0.39, 0.29) is 11.6 Å². The van der Waals surface area contributed by atoms with Crippen molar-refractivity contribution in [3.05, 3.63) is 63.1 Å². The van der Waals surface area contributed by atoms with Gasteiger partial charge in [0.25, 0.3) is 11.6 Å². The molecule has 0 aliphatic rings. The first-order valence-corrected chi connectivity index (χ1v) is 7.83. The molecular weight excluding hydrogens is 330 g/mol. The van der Waals surface area contributed by atoms with Crippen molar-refractivity contribution in [3.8, 4) is 5.88 Å². The highest BCUT2D eigenvalue weighted by Crippen LogP contribution is 2.28. The maximum absolute atomic E-state index is 12.2. The molecule has 0 saturated carbocycles. The Kier molecular flexibility index (Phi) is 4.39.